The lowest BCUT2D eigenvalue weighted by Gasteiger charge is -2.47. The quantitative estimate of drug-likeness (QED) is 0.250. The molecule has 3 rings (SSSR count). The van der Waals surface area contributed by atoms with Gasteiger partial charge in [0, 0.05) is 12.1 Å². The second-order valence-corrected chi connectivity index (χ2v) is 9.20. The first kappa shape index (κ1) is 17.6. The van der Waals surface area contributed by atoms with Crippen LogP contribution in [0.1, 0.15) is 20.3 Å². The van der Waals surface area contributed by atoms with Gasteiger partial charge in [-0.15, -0.1) is 0 Å². The van der Waals surface area contributed by atoms with E-state index in [-0.39, 0.29) is 12.2 Å². The maximum atomic E-state index is 11.1. The van der Waals surface area contributed by atoms with Gasteiger partial charge in [0.25, 0.3) is 0 Å². The molecule has 0 aromatic rings. The fraction of sp³-hybridized carbons (Fsp3) is 0.800. The van der Waals surface area contributed by atoms with E-state index in [9.17, 15) is 4.79 Å². The molecule has 0 radical (unpaired) electrons. The molecule has 0 aromatic carbocycles. The third-order valence-corrected chi connectivity index (χ3v) is 7.28. The van der Waals surface area contributed by atoms with Crippen LogP contribution in [0.3, 0.4) is 0 Å². The summed E-state index contributed by atoms with van der Waals surface area (Å²) in [6.07, 6.45) is 2.07. The molecule has 7 heteroatoms. The van der Waals surface area contributed by atoms with Gasteiger partial charge in [0.1, 0.15) is 19.6 Å². The van der Waals surface area contributed by atoms with Crippen molar-refractivity contribution in [1.29, 1.82) is 0 Å². The maximum absolute atomic E-state index is 11.1. The molecular formula is C15H28NO5Si+. The second-order valence-electron chi connectivity index (χ2n) is 6.57. The number of quaternary nitrogens is 1. The predicted octanol–water partition coefficient (Wildman–Crippen LogP) is 1.35. The lowest BCUT2D eigenvalue weighted by molar-refractivity contribution is -0.917. The number of esters is 1. The van der Waals surface area contributed by atoms with Gasteiger partial charge in [-0.2, -0.15) is 0 Å². The molecule has 0 aromatic heterocycles. The highest BCUT2D eigenvalue weighted by Crippen LogP contribution is 2.29. The molecule has 3 aliphatic rings. The van der Waals surface area contributed by atoms with E-state index in [2.05, 4.69) is 27.5 Å². The Labute approximate surface area is 133 Å². The summed E-state index contributed by atoms with van der Waals surface area (Å²) in [5.74, 6) is -0.396. The molecule has 3 fully saturated rings. The highest BCUT2D eigenvalue weighted by atomic mass is 28.4. The molecule has 2 atom stereocenters. The Hall–Kier alpha value is -0.733. The van der Waals surface area contributed by atoms with Crippen LogP contribution in [0, 0.1) is 0 Å². The Morgan fingerprint density at radius 1 is 1.36 bits per heavy atom. The SMILES string of the molecule is C=CC(=O)OCCC[Si]12OCC[N+](C)(CC(C)O1)CC(C)O2. The van der Waals surface area contributed by atoms with E-state index >= 15 is 0 Å². The summed E-state index contributed by atoms with van der Waals surface area (Å²) < 4.78 is 24.5. The molecule has 0 spiro atoms. The van der Waals surface area contributed by atoms with Crippen molar-refractivity contribution in [2.45, 2.75) is 38.5 Å². The van der Waals surface area contributed by atoms with Crippen molar-refractivity contribution in [1.82, 2.24) is 0 Å². The van der Waals surface area contributed by atoms with Crippen molar-refractivity contribution in [3.8, 4) is 0 Å². The molecular weight excluding hydrogens is 302 g/mol. The third-order valence-electron chi connectivity index (χ3n) is 4.15. The number of ether oxygens (including phenoxy) is 1. The van der Waals surface area contributed by atoms with Crippen molar-refractivity contribution in [2.24, 2.45) is 0 Å². The van der Waals surface area contributed by atoms with Crippen LogP contribution in [0.25, 0.3) is 0 Å². The van der Waals surface area contributed by atoms with Gasteiger partial charge in [-0.25, -0.2) is 4.79 Å². The largest absolute Gasteiger partial charge is 0.502 e. The Morgan fingerprint density at radius 3 is 2.59 bits per heavy atom. The highest BCUT2D eigenvalue weighted by molar-refractivity contribution is 6.60. The molecule has 2 bridgehead atoms. The molecule has 3 heterocycles. The van der Waals surface area contributed by atoms with Crippen LogP contribution in [0.2, 0.25) is 6.04 Å². The molecule has 0 N–H and O–H groups in total. The topological polar surface area (TPSA) is 54.0 Å². The number of hydrogen-bond donors (Lipinski definition) is 0. The summed E-state index contributed by atoms with van der Waals surface area (Å²) in [5.41, 5.74) is 0. The first-order valence-electron chi connectivity index (χ1n) is 7.99. The minimum absolute atomic E-state index is 0.111. The Balaban J connectivity index is 1.99. The average molecular weight is 330 g/mol. The zero-order chi connectivity index (χ0) is 16.2. The minimum Gasteiger partial charge on any atom is -0.463 e. The molecule has 6 nitrogen and oxygen atoms in total. The molecule has 126 valence electrons. The zero-order valence-corrected chi connectivity index (χ0v) is 14.9. The van der Waals surface area contributed by atoms with Crippen LogP contribution >= 0.6 is 0 Å². The molecule has 0 saturated carbocycles. The summed E-state index contributed by atoms with van der Waals surface area (Å²) in [4.78, 5) is 11.1. The molecule has 2 unspecified atom stereocenters. The van der Waals surface area contributed by atoms with Crippen LogP contribution in [-0.4, -0.2) is 71.4 Å². The summed E-state index contributed by atoms with van der Waals surface area (Å²) in [5, 5.41) is 0. The van der Waals surface area contributed by atoms with E-state index in [0.29, 0.717) is 25.7 Å². The van der Waals surface area contributed by atoms with Gasteiger partial charge in [0.05, 0.1) is 32.5 Å². The molecule has 0 amide bonds. The van der Waals surface area contributed by atoms with Crippen molar-refractivity contribution in [3.63, 3.8) is 0 Å². The number of likely N-dealkylation sites (N-methyl/N-ethyl adjacent to an activating group) is 1. The summed E-state index contributed by atoms with van der Waals surface area (Å²) in [6, 6.07) is 0.676. The van der Waals surface area contributed by atoms with Crippen molar-refractivity contribution >= 4 is 14.8 Å². The Bertz CT molecular complexity index is 403. The van der Waals surface area contributed by atoms with Gasteiger partial charge in [-0.1, -0.05) is 6.58 Å². The first-order chi connectivity index (χ1) is 10.4. The number of rotatable bonds is 5. The van der Waals surface area contributed by atoms with E-state index in [4.69, 9.17) is 18.0 Å². The second kappa shape index (κ2) is 7.23. The van der Waals surface area contributed by atoms with Gasteiger partial charge in [-0.3, -0.25) is 0 Å². The van der Waals surface area contributed by atoms with Crippen molar-refractivity contribution in [2.75, 3.05) is 39.9 Å². The summed E-state index contributed by atoms with van der Waals surface area (Å²) >= 11 is 0. The van der Waals surface area contributed by atoms with Gasteiger partial charge < -0.3 is 22.5 Å². The monoisotopic (exact) mass is 330 g/mol. The lowest BCUT2D eigenvalue weighted by Crippen LogP contribution is -2.65. The van der Waals surface area contributed by atoms with Crippen LogP contribution in [0.5, 0.6) is 0 Å². The number of hydrogen-bond acceptors (Lipinski definition) is 5. The van der Waals surface area contributed by atoms with E-state index in [1.54, 1.807) is 0 Å². The molecule has 0 aliphatic carbocycles. The number of carbonyl (C=O) groups excluding carboxylic acids is 1. The zero-order valence-electron chi connectivity index (χ0n) is 13.9. The van der Waals surface area contributed by atoms with E-state index in [0.717, 1.165) is 24.1 Å². The smallest absolute Gasteiger partial charge is 0.463 e. The number of nitrogens with zero attached hydrogens (tertiary/aromatic N) is 1. The van der Waals surface area contributed by atoms with Gasteiger partial charge in [0.15, 0.2) is 0 Å². The van der Waals surface area contributed by atoms with Crippen LogP contribution < -0.4 is 0 Å². The Morgan fingerprint density at radius 2 is 2.00 bits per heavy atom. The molecule has 3 saturated heterocycles. The summed E-state index contributed by atoms with van der Waals surface area (Å²) in [6.45, 7) is 11.5. The fourth-order valence-corrected chi connectivity index (χ4v) is 6.34. The maximum Gasteiger partial charge on any atom is 0.502 e. The van der Waals surface area contributed by atoms with Gasteiger partial charge >= 0.3 is 14.8 Å². The Kier molecular flexibility index (Phi) is 5.79. The third kappa shape index (κ3) is 4.63. The normalized spacial score (nSPS) is 38.7. The number of carbonyl (C=O) groups is 1. The van der Waals surface area contributed by atoms with Crippen LogP contribution in [0.15, 0.2) is 12.7 Å². The fourth-order valence-electron chi connectivity index (χ4n) is 3.41. The summed E-state index contributed by atoms with van der Waals surface area (Å²) in [7, 11) is -0.462. The van der Waals surface area contributed by atoms with E-state index in [1.165, 1.54) is 6.08 Å². The van der Waals surface area contributed by atoms with Crippen LogP contribution in [0.4, 0.5) is 0 Å². The number of fused-ring (bicyclic) bond motifs is 6. The van der Waals surface area contributed by atoms with E-state index < -0.39 is 14.8 Å². The molecule has 22 heavy (non-hydrogen) atoms. The molecule has 3 aliphatic heterocycles. The van der Waals surface area contributed by atoms with Crippen molar-refractivity contribution < 1.29 is 27.3 Å². The average Bonchev–Trinajstić information content (AvgIpc) is 2.39. The standard InChI is InChI=1S/C15H28NO5Si/c1-5-15(17)18-8-6-10-22-19-9-7-16(4,11-13(2)20-22)12-14(3)21-22/h5,13-14H,1,6-12H2,2-4H3/q+1. The van der Waals surface area contributed by atoms with Crippen LogP contribution in [-0.2, 0) is 22.8 Å². The minimum atomic E-state index is -2.70. The predicted molar refractivity (Wildman–Crippen MR) is 84.2 cm³/mol. The lowest BCUT2D eigenvalue weighted by atomic mass is 10.2. The first-order valence-corrected chi connectivity index (χ1v) is 9.92. The van der Waals surface area contributed by atoms with E-state index in [1.807, 2.05) is 0 Å². The van der Waals surface area contributed by atoms with Gasteiger partial charge in [0.2, 0.25) is 0 Å². The van der Waals surface area contributed by atoms with Gasteiger partial charge in [-0.05, 0) is 20.3 Å². The van der Waals surface area contributed by atoms with Crippen molar-refractivity contribution in [3.05, 3.63) is 12.7 Å². The highest BCUT2D eigenvalue weighted by Gasteiger charge is 2.50.